The van der Waals surface area contributed by atoms with Crippen LogP contribution in [0, 0.1) is 0 Å². The van der Waals surface area contributed by atoms with Crippen molar-refractivity contribution in [2.75, 3.05) is 0 Å². The minimum absolute atomic E-state index is 0.412. The molecule has 0 aromatic rings. The molecule has 1 heterocycles. The summed E-state index contributed by atoms with van der Waals surface area (Å²) in [4.78, 5) is 0. The number of ether oxygens (including phenoxy) is 1. The predicted octanol–water partition coefficient (Wildman–Crippen LogP) is -0.434. The van der Waals surface area contributed by atoms with Crippen molar-refractivity contribution < 1.29 is 9.84 Å². The molecule has 0 bridgehead atoms. The lowest BCUT2D eigenvalue weighted by atomic mass is 10.3. The van der Waals surface area contributed by atoms with Gasteiger partial charge in [0.25, 0.3) is 0 Å². The molecule has 46 valence electrons. The average molecular weight is 115 g/mol. The summed E-state index contributed by atoms with van der Waals surface area (Å²) in [7, 11) is 0. The van der Waals surface area contributed by atoms with Crippen LogP contribution in [0.1, 0.15) is 6.92 Å². The normalized spacial score (nSPS) is 37.6. The number of aliphatic hydroxyl groups excluding tert-OH is 1. The molecule has 0 saturated carbocycles. The molecule has 0 aliphatic carbocycles. The van der Waals surface area contributed by atoms with E-state index in [-0.39, 0.29) is 0 Å². The zero-order valence-electron chi connectivity index (χ0n) is 4.66. The number of rotatable bonds is 0. The van der Waals surface area contributed by atoms with E-state index in [1.54, 1.807) is 13.0 Å². The van der Waals surface area contributed by atoms with E-state index in [4.69, 9.17) is 15.6 Å². The van der Waals surface area contributed by atoms with Gasteiger partial charge in [0.1, 0.15) is 6.23 Å². The van der Waals surface area contributed by atoms with E-state index < -0.39 is 12.5 Å². The van der Waals surface area contributed by atoms with E-state index >= 15 is 0 Å². The van der Waals surface area contributed by atoms with E-state index in [1.165, 1.54) is 0 Å². The largest absolute Gasteiger partial charge is 0.364 e. The zero-order valence-corrected chi connectivity index (χ0v) is 4.66. The summed E-state index contributed by atoms with van der Waals surface area (Å²) in [6.45, 7) is 1.78. The van der Waals surface area contributed by atoms with E-state index in [0.29, 0.717) is 0 Å². The Balaban J connectivity index is 2.59. The van der Waals surface area contributed by atoms with Gasteiger partial charge in [0.15, 0.2) is 6.29 Å². The lowest BCUT2D eigenvalue weighted by Gasteiger charge is -2.03. The maximum atomic E-state index is 8.80. The van der Waals surface area contributed by atoms with Crippen LogP contribution < -0.4 is 5.73 Å². The van der Waals surface area contributed by atoms with Crippen LogP contribution >= 0.6 is 0 Å². The molecular formula is C5H9NO2. The molecule has 3 heteroatoms. The second kappa shape index (κ2) is 1.85. The highest BCUT2D eigenvalue weighted by Crippen LogP contribution is 2.12. The highest BCUT2D eigenvalue weighted by Gasteiger charge is 2.17. The molecular weight excluding hydrogens is 106 g/mol. The first-order chi connectivity index (χ1) is 3.70. The minimum Gasteiger partial charge on any atom is -0.364 e. The molecule has 1 rings (SSSR count). The van der Waals surface area contributed by atoms with Gasteiger partial charge >= 0.3 is 0 Å². The van der Waals surface area contributed by atoms with Crippen molar-refractivity contribution in [2.24, 2.45) is 5.73 Å². The molecule has 1 aliphatic rings. The van der Waals surface area contributed by atoms with Crippen LogP contribution in [0.4, 0.5) is 0 Å². The minimum atomic E-state index is -0.773. The van der Waals surface area contributed by atoms with Crippen molar-refractivity contribution in [2.45, 2.75) is 19.4 Å². The fourth-order valence-electron chi connectivity index (χ4n) is 0.637. The van der Waals surface area contributed by atoms with Crippen LogP contribution in [0.5, 0.6) is 0 Å². The molecule has 3 nitrogen and oxygen atoms in total. The van der Waals surface area contributed by atoms with Gasteiger partial charge in [-0.05, 0) is 18.6 Å². The number of hydrogen-bond donors (Lipinski definition) is 2. The Morgan fingerprint density at radius 2 is 2.50 bits per heavy atom. The van der Waals surface area contributed by atoms with Crippen molar-refractivity contribution in [1.82, 2.24) is 0 Å². The van der Waals surface area contributed by atoms with E-state index in [1.807, 2.05) is 0 Å². The first kappa shape index (κ1) is 5.75. The molecule has 0 aromatic carbocycles. The molecule has 0 amide bonds. The summed E-state index contributed by atoms with van der Waals surface area (Å²) in [5, 5.41) is 8.80. The van der Waals surface area contributed by atoms with Crippen LogP contribution in [-0.2, 0) is 4.74 Å². The first-order valence-electron chi connectivity index (χ1n) is 2.47. The highest BCUT2D eigenvalue weighted by molar-refractivity contribution is 5.08. The summed E-state index contributed by atoms with van der Waals surface area (Å²) in [5.74, 6) is 0. The Kier molecular flexibility index (Phi) is 1.33. The topological polar surface area (TPSA) is 55.5 Å². The van der Waals surface area contributed by atoms with Gasteiger partial charge < -0.3 is 15.6 Å². The van der Waals surface area contributed by atoms with Gasteiger partial charge in [0.05, 0.1) is 0 Å². The summed E-state index contributed by atoms with van der Waals surface area (Å²) in [6.07, 6.45) is 0.500. The van der Waals surface area contributed by atoms with Crippen molar-refractivity contribution in [3.8, 4) is 0 Å². The fourth-order valence-corrected chi connectivity index (χ4v) is 0.637. The Bertz CT molecular complexity index is 122. The van der Waals surface area contributed by atoms with Crippen molar-refractivity contribution in [1.29, 1.82) is 0 Å². The lowest BCUT2D eigenvalue weighted by Crippen LogP contribution is -2.20. The molecule has 0 saturated heterocycles. The van der Waals surface area contributed by atoms with Crippen LogP contribution in [0.25, 0.3) is 0 Å². The number of aliphatic hydroxyl groups is 1. The van der Waals surface area contributed by atoms with Crippen molar-refractivity contribution >= 4 is 0 Å². The monoisotopic (exact) mass is 115 g/mol. The molecule has 0 aromatic heterocycles. The van der Waals surface area contributed by atoms with Crippen molar-refractivity contribution in [3.05, 3.63) is 11.6 Å². The van der Waals surface area contributed by atoms with E-state index in [9.17, 15) is 0 Å². The molecule has 8 heavy (non-hydrogen) atoms. The number of nitrogens with two attached hydrogens (primary N) is 1. The number of hydrogen-bond acceptors (Lipinski definition) is 3. The maximum absolute atomic E-state index is 8.80. The third-order valence-corrected chi connectivity index (χ3v) is 1.10. The highest BCUT2D eigenvalue weighted by atomic mass is 16.6. The standard InChI is InChI=1S/C5H9NO2/c1-3-2-4(6)8-5(3)7/h2,4-5,7H,6H2,1H3. The van der Waals surface area contributed by atoms with Gasteiger partial charge in [0, 0.05) is 0 Å². The SMILES string of the molecule is CC1=CC(N)OC1O. The summed E-state index contributed by atoms with van der Waals surface area (Å²) in [6, 6.07) is 0. The zero-order chi connectivity index (χ0) is 6.15. The van der Waals surface area contributed by atoms with Crippen LogP contribution in [-0.4, -0.2) is 17.6 Å². The van der Waals surface area contributed by atoms with E-state index in [2.05, 4.69) is 0 Å². The average Bonchev–Trinajstić information content (AvgIpc) is 1.85. The first-order valence-corrected chi connectivity index (χ1v) is 2.47. The molecule has 2 atom stereocenters. The Hall–Kier alpha value is -0.380. The van der Waals surface area contributed by atoms with Gasteiger partial charge in [-0.2, -0.15) is 0 Å². The molecule has 0 spiro atoms. The maximum Gasteiger partial charge on any atom is 0.179 e. The lowest BCUT2D eigenvalue weighted by molar-refractivity contribution is -0.0770. The molecule has 0 radical (unpaired) electrons. The van der Waals surface area contributed by atoms with Crippen molar-refractivity contribution in [3.63, 3.8) is 0 Å². The molecule has 0 fully saturated rings. The third-order valence-electron chi connectivity index (χ3n) is 1.10. The Labute approximate surface area is 47.8 Å². The Morgan fingerprint density at radius 1 is 1.88 bits per heavy atom. The van der Waals surface area contributed by atoms with Gasteiger partial charge in [0.2, 0.25) is 0 Å². The molecule has 1 aliphatic heterocycles. The van der Waals surface area contributed by atoms with Gasteiger partial charge in [-0.1, -0.05) is 0 Å². The predicted molar refractivity (Wildman–Crippen MR) is 28.8 cm³/mol. The second-order valence-electron chi connectivity index (χ2n) is 1.86. The third kappa shape index (κ3) is 0.888. The van der Waals surface area contributed by atoms with E-state index in [0.717, 1.165) is 5.57 Å². The van der Waals surface area contributed by atoms with Gasteiger partial charge in [-0.15, -0.1) is 0 Å². The summed E-state index contributed by atoms with van der Waals surface area (Å²) < 4.78 is 4.71. The van der Waals surface area contributed by atoms with Gasteiger partial charge in [-0.25, -0.2) is 0 Å². The summed E-state index contributed by atoms with van der Waals surface area (Å²) in [5.41, 5.74) is 6.05. The fraction of sp³-hybridized carbons (Fsp3) is 0.600. The Morgan fingerprint density at radius 3 is 2.62 bits per heavy atom. The molecule has 2 unspecified atom stereocenters. The quantitative estimate of drug-likeness (QED) is 0.421. The smallest absolute Gasteiger partial charge is 0.179 e. The van der Waals surface area contributed by atoms with Crippen LogP contribution in [0.15, 0.2) is 11.6 Å². The second-order valence-corrected chi connectivity index (χ2v) is 1.86. The van der Waals surface area contributed by atoms with Crippen LogP contribution in [0.2, 0.25) is 0 Å². The summed E-state index contributed by atoms with van der Waals surface area (Å²) >= 11 is 0. The van der Waals surface area contributed by atoms with Crippen LogP contribution in [0.3, 0.4) is 0 Å². The van der Waals surface area contributed by atoms with Gasteiger partial charge in [-0.3, -0.25) is 0 Å². The molecule has 3 N–H and O–H groups in total.